The summed E-state index contributed by atoms with van der Waals surface area (Å²) >= 11 is 0. The average Bonchev–Trinajstić information content (AvgIpc) is 2.25. The number of rotatable bonds is 4. The minimum absolute atomic E-state index is 0.00944. The molecule has 0 unspecified atom stereocenters. The highest BCUT2D eigenvalue weighted by molar-refractivity contribution is 5.89. The second-order valence-electron chi connectivity index (χ2n) is 3.15. The molecule has 0 fully saturated rings. The van der Waals surface area contributed by atoms with Crippen molar-refractivity contribution in [2.75, 3.05) is 11.9 Å². The summed E-state index contributed by atoms with van der Waals surface area (Å²) in [5.41, 5.74) is 0.622. The fourth-order valence-electron chi connectivity index (χ4n) is 1.41. The first-order chi connectivity index (χ1) is 7.60. The van der Waals surface area contributed by atoms with Gasteiger partial charge in [-0.25, -0.2) is 9.18 Å². The zero-order valence-electron chi connectivity index (χ0n) is 8.75. The Labute approximate surface area is 92.3 Å². The van der Waals surface area contributed by atoms with Crippen molar-refractivity contribution in [2.24, 2.45) is 0 Å². The molecule has 0 aliphatic rings. The fourth-order valence-corrected chi connectivity index (χ4v) is 1.41. The number of anilines is 1. The van der Waals surface area contributed by atoms with Crippen LogP contribution in [0.25, 0.3) is 0 Å². The van der Waals surface area contributed by atoms with Crippen LogP contribution in [0.3, 0.4) is 0 Å². The molecule has 0 aliphatic carbocycles. The van der Waals surface area contributed by atoms with Gasteiger partial charge < -0.3 is 10.4 Å². The van der Waals surface area contributed by atoms with E-state index < -0.39 is 11.8 Å². The molecule has 0 saturated carbocycles. The molecule has 16 heavy (non-hydrogen) atoms. The third-order valence-electron chi connectivity index (χ3n) is 2.15. The van der Waals surface area contributed by atoms with E-state index in [1.807, 2.05) is 6.07 Å². The standard InChI is InChI=1S/C11H11FN2O2/c1-2-8-9(12)5-7(11(15)16)6-10(8)14-4-3-13/h5-6,14H,2,4H2,1H3,(H,15,16). The zero-order valence-corrected chi connectivity index (χ0v) is 8.75. The summed E-state index contributed by atoms with van der Waals surface area (Å²) in [7, 11) is 0. The Hall–Kier alpha value is -2.09. The summed E-state index contributed by atoms with van der Waals surface area (Å²) in [5, 5.41) is 19.9. The number of carboxylic acids is 1. The molecule has 0 spiro atoms. The summed E-state index contributed by atoms with van der Waals surface area (Å²) in [6.45, 7) is 1.77. The molecule has 1 aromatic rings. The summed E-state index contributed by atoms with van der Waals surface area (Å²) in [6, 6.07) is 4.17. The number of nitrogens with one attached hydrogen (secondary N) is 1. The lowest BCUT2D eigenvalue weighted by Gasteiger charge is -2.10. The van der Waals surface area contributed by atoms with Crippen LogP contribution in [0.4, 0.5) is 10.1 Å². The highest BCUT2D eigenvalue weighted by Crippen LogP contribution is 2.22. The molecule has 1 aromatic carbocycles. The molecule has 0 atom stereocenters. The van der Waals surface area contributed by atoms with Gasteiger partial charge in [0, 0.05) is 11.3 Å². The van der Waals surface area contributed by atoms with Gasteiger partial charge in [0.2, 0.25) is 0 Å². The third-order valence-corrected chi connectivity index (χ3v) is 2.15. The number of carbonyl (C=O) groups is 1. The van der Waals surface area contributed by atoms with Crippen molar-refractivity contribution in [3.63, 3.8) is 0 Å². The molecular formula is C11H11FN2O2. The van der Waals surface area contributed by atoms with Gasteiger partial charge in [-0.2, -0.15) is 5.26 Å². The van der Waals surface area contributed by atoms with E-state index in [9.17, 15) is 9.18 Å². The van der Waals surface area contributed by atoms with Gasteiger partial charge in [0.25, 0.3) is 0 Å². The molecule has 0 bridgehead atoms. The highest BCUT2D eigenvalue weighted by atomic mass is 19.1. The van der Waals surface area contributed by atoms with E-state index in [2.05, 4.69) is 5.32 Å². The van der Waals surface area contributed by atoms with E-state index in [0.29, 0.717) is 17.7 Å². The summed E-state index contributed by atoms with van der Waals surface area (Å²) < 4.78 is 13.5. The summed E-state index contributed by atoms with van der Waals surface area (Å²) in [4.78, 5) is 10.7. The van der Waals surface area contributed by atoms with Crippen LogP contribution in [0.15, 0.2) is 12.1 Å². The first kappa shape index (κ1) is 12.0. The molecule has 84 valence electrons. The van der Waals surface area contributed by atoms with Crippen LogP contribution in [0, 0.1) is 17.1 Å². The Balaban J connectivity index is 3.20. The van der Waals surface area contributed by atoms with E-state index in [0.717, 1.165) is 6.07 Å². The SMILES string of the molecule is CCc1c(F)cc(C(=O)O)cc1NCC#N. The van der Waals surface area contributed by atoms with Crippen molar-refractivity contribution in [2.45, 2.75) is 13.3 Å². The van der Waals surface area contributed by atoms with E-state index >= 15 is 0 Å². The summed E-state index contributed by atoms with van der Waals surface area (Å²) in [5.74, 6) is -1.76. The van der Waals surface area contributed by atoms with Gasteiger partial charge in [0.1, 0.15) is 12.4 Å². The quantitative estimate of drug-likeness (QED) is 0.764. The van der Waals surface area contributed by atoms with Crippen molar-refractivity contribution in [3.05, 3.63) is 29.1 Å². The molecule has 0 radical (unpaired) electrons. The first-order valence-electron chi connectivity index (χ1n) is 4.76. The Morgan fingerprint density at radius 1 is 1.62 bits per heavy atom. The molecule has 1 rings (SSSR count). The van der Waals surface area contributed by atoms with Crippen molar-refractivity contribution in [3.8, 4) is 6.07 Å². The molecule has 0 saturated heterocycles. The maximum atomic E-state index is 13.5. The lowest BCUT2D eigenvalue weighted by atomic mass is 10.1. The lowest BCUT2D eigenvalue weighted by Crippen LogP contribution is -2.07. The monoisotopic (exact) mass is 222 g/mol. The molecular weight excluding hydrogens is 211 g/mol. The summed E-state index contributed by atoms with van der Waals surface area (Å²) in [6.07, 6.45) is 0.430. The van der Waals surface area contributed by atoms with Gasteiger partial charge in [0.05, 0.1) is 11.6 Å². The van der Waals surface area contributed by atoms with Gasteiger partial charge in [-0.3, -0.25) is 0 Å². The van der Waals surface area contributed by atoms with Crippen LogP contribution in [-0.2, 0) is 6.42 Å². The number of nitriles is 1. The molecule has 0 amide bonds. The first-order valence-corrected chi connectivity index (χ1v) is 4.76. The van der Waals surface area contributed by atoms with E-state index in [1.165, 1.54) is 6.07 Å². The number of carboxylic acid groups (broad SMARTS) is 1. The van der Waals surface area contributed by atoms with Crippen molar-refractivity contribution < 1.29 is 14.3 Å². The number of benzene rings is 1. The van der Waals surface area contributed by atoms with E-state index in [1.54, 1.807) is 6.92 Å². The largest absolute Gasteiger partial charge is 0.478 e. The second kappa shape index (κ2) is 5.12. The molecule has 2 N–H and O–H groups in total. The van der Waals surface area contributed by atoms with Crippen LogP contribution in [0.1, 0.15) is 22.8 Å². The Bertz CT molecular complexity index is 452. The van der Waals surface area contributed by atoms with E-state index in [-0.39, 0.29) is 12.1 Å². The fraction of sp³-hybridized carbons (Fsp3) is 0.273. The van der Waals surface area contributed by atoms with Gasteiger partial charge in [-0.1, -0.05) is 6.92 Å². The normalized spacial score (nSPS) is 9.56. The van der Waals surface area contributed by atoms with Crippen LogP contribution >= 0.6 is 0 Å². The lowest BCUT2D eigenvalue weighted by molar-refractivity contribution is 0.0696. The topological polar surface area (TPSA) is 73.1 Å². The number of nitrogens with zero attached hydrogens (tertiary/aromatic N) is 1. The number of hydrogen-bond donors (Lipinski definition) is 2. The maximum Gasteiger partial charge on any atom is 0.335 e. The second-order valence-corrected chi connectivity index (χ2v) is 3.15. The molecule has 0 aliphatic heterocycles. The van der Waals surface area contributed by atoms with Gasteiger partial charge in [-0.05, 0) is 18.6 Å². The molecule has 0 aromatic heterocycles. The van der Waals surface area contributed by atoms with Gasteiger partial charge in [-0.15, -0.1) is 0 Å². The number of aromatic carboxylic acids is 1. The third kappa shape index (κ3) is 2.48. The smallest absolute Gasteiger partial charge is 0.335 e. The van der Waals surface area contributed by atoms with Crippen molar-refractivity contribution in [1.82, 2.24) is 0 Å². The van der Waals surface area contributed by atoms with Crippen LogP contribution in [0.5, 0.6) is 0 Å². The van der Waals surface area contributed by atoms with Gasteiger partial charge >= 0.3 is 5.97 Å². The van der Waals surface area contributed by atoms with E-state index in [4.69, 9.17) is 10.4 Å². The number of halogens is 1. The zero-order chi connectivity index (χ0) is 12.1. The number of hydrogen-bond acceptors (Lipinski definition) is 3. The minimum atomic E-state index is -1.19. The molecule has 5 heteroatoms. The van der Waals surface area contributed by atoms with Gasteiger partial charge in [0.15, 0.2) is 0 Å². The van der Waals surface area contributed by atoms with Crippen molar-refractivity contribution >= 4 is 11.7 Å². The Kier molecular flexibility index (Phi) is 3.84. The average molecular weight is 222 g/mol. The van der Waals surface area contributed by atoms with Crippen LogP contribution in [-0.4, -0.2) is 17.6 Å². The van der Waals surface area contributed by atoms with Crippen molar-refractivity contribution in [1.29, 1.82) is 5.26 Å². The maximum absolute atomic E-state index is 13.5. The molecule has 4 nitrogen and oxygen atoms in total. The Morgan fingerprint density at radius 2 is 2.31 bits per heavy atom. The molecule has 0 heterocycles. The van der Waals surface area contributed by atoms with Crippen LogP contribution in [0.2, 0.25) is 0 Å². The predicted octanol–water partition coefficient (Wildman–Crippen LogP) is 2.02. The highest BCUT2D eigenvalue weighted by Gasteiger charge is 2.12. The minimum Gasteiger partial charge on any atom is -0.478 e. The Morgan fingerprint density at radius 3 is 2.81 bits per heavy atom. The predicted molar refractivity (Wildman–Crippen MR) is 56.8 cm³/mol. The van der Waals surface area contributed by atoms with Crippen LogP contribution < -0.4 is 5.32 Å².